The van der Waals surface area contributed by atoms with Gasteiger partial charge in [0.15, 0.2) is 0 Å². The molecule has 1 amide bonds. The summed E-state index contributed by atoms with van der Waals surface area (Å²) in [4.78, 5) is 20.2. The smallest absolute Gasteiger partial charge is 0.236 e. The summed E-state index contributed by atoms with van der Waals surface area (Å²) < 4.78 is 0. The minimum Gasteiger partial charge on any atom is -0.355 e. The van der Waals surface area contributed by atoms with Crippen molar-refractivity contribution in [3.05, 3.63) is 71.8 Å². The summed E-state index contributed by atoms with van der Waals surface area (Å²) in [6, 6.07) is 20.3. The van der Waals surface area contributed by atoms with Gasteiger partial charge in [-0.15, -0.1) is 23.2 Å². The number of hydrogen-bond acceptors (Lipinski definition) is 3. The molecule has 9 heteroatoms. The molecule has 0 aliphatic rings. The Morgan fingerprint density at radius 3 is 1.59 bits per heavy atom. The van der Waals surface area contributed by atoms with Gasteiger partial charge < -0.3 is 11.1 Å². The third kappa shape index (κ3) is 22.4. The molecule has 0 aliphatic carbocycles. The van der Waals surface area contributed by atoms with Gasteiger partial charge in [0.25, 0.3) is 0 Å². The van der Waals surface area contributed by atoms with Crippen LogP contribution in [0.5, 0.6) is 0 Å². The van der Waals surface area contributed by atoms with Gasteiger partial charge >= 0.3 is 0 Å². The van der Waals surface area contributed by atoms with Gasteiger partial charge in [-0.2, -0.15) is 0 Å². The Labute approximate surface area is 211 Å². The molecule has 0 spiro atoms. The second-order valence-corrected chi connectivity index (χ2v) is 6.19. The lowest BCUT2D eigenvalue weighted by molar-refractivity contribution is -0.118. The van der Waals surface area contributed by atoms with Crippen LogP contribution in [0.25, 0.3) is 0 Å². The molecule has 0 bridgehead atoms. The highest BCUT2D eigenvalue weighted by atomic mass is 128. The molecule has 162 valence electrons. The minimum atomic E-state index is -0.508. The summed E-state index contributed by atoms with van der Waals surface area (Å²) in [6.45, 7) is 1.39. The molecule has 2 aromatic carbocycles. The average molecular weight is 686 g/mol. The molecule has 0 unspecified atom stereocenters. The first-order valence-electron chi connectivity index (χ1n) is 8.52. The van der Waals surface area contributed by atoms with Crippen LogP contribution in [0.15, 0.2) is 60.7 Å². The molecule has 0 fully saturated rings. The Hall–Kier alpha value is -0.130. The molecule has 4 nitrogen and oxygen atoms in total. The van der Waals surface area contributed by atoms with Gasteiger partial charge in [-0.25, -0.2) is 0 Å². The molecule has 0 saturated heterocycles. The van der Waals surface area contributed by atoms with E-state index in [4.69, 9.17) is 40.5 Å². The van der Waals surface area contributed by atoms with Gasteiger partial charge in [0.1, 0.15) is 5.88 Å². The van der Waals surface area contributed by atoms with Crippen LogP contribution in [-0.2, 0) is 22.4 Å². The van der Waals surface area contributed by atoms with Crippen molar-refractivity contribution in [3.8, 4) is 0 Å². The van der Waals surface area contributed by atoms with E-state index in [2.05, 4.69) is 54.7 Å². The Bertz CT molecular complexity index is 636. The lowest BCUT2D eigenvalue weighted by Gasteiger charge is -2.02. The van der Waals surface area contributed by atoms with Crippen molar-refractivity contribution in [1.82, 2.24) is 5.32 Å². The number of halogens is 5. The van der Waals surface area contributed by atoms with Crippen molar-refractivity contribution in [2.24, 2.45) is 5.73 Å². The first-order chi connectivity index (χ1) is 14.0. The number of alkyl halides is 2. The van der Waals surface area contributed by atoms with Gasteiger partial charge in [0, 0.05) is 43.8 Å². The van der Waals surface area contributed by atoms with Crippen LogP contribution in [0.3, 0.4) is 0 Å². The number of rotatable bonds is 7. The molecular weight excluding hydrogens is 660 g/mol. The van der Waals surface area contributed by atoms with Crippen LogP contribution in [0.4, 0.5) is 0 Å². The molecule has 0 saturated carbocycles. The van der Waals surface area contributed by atoms with Crippen LogP contribution >= 0.6 is 72.0 Å². The summed E-state index contributed by atoms with van der Waals surface area (Å²) >= 11 is 19.1. The predicted molar refractivity (Wildman–Crippen MR) is 143 cm³/mol. The Kier molecular flexibility index (Phi) is 25.9. The third-order valence-electron chi connectivity index (χ3n) is 3.08. The molecule has 0 radical (unpaired) electrons. The highest BCUT2D eigenvalue weighted by Gasteiger charge is 1.96. The van der Waals surface area contributed by atoms with E-state index in [-0.39, 0.29) is 17.7 Å². The zero-order valence-corrected chi connectivity index (χ0v) is 22.4. The SMILES string of the molecule is II.NCCc1ccccc1.O=C(CCl)NCCc1ccccc1.O=C(Cl)CCl. The van der Waals surface area contributed by atoms with E-state index >= 15 is 0 Å². The number of carbonyl (C=O) groups excluding carboxylic acids is 2. The Morgan fingerprint density at radius 1 is 0.828 bits per heavy atom. The molecule has 0 aromatic heterocycles. The topological polar surface area (TPSA) is 72.2 Å². The summed E-state index contributed by atoms with van der Waals surface area (Å²) in [5, 5.41) is 2.20. The fraction of sp³-hybridized carbons (Fsp3) is 0.300. The van der Waals surface area contributed by atoms with Crippen molar-refractivity contribution in [2.45, 2.75) is 12.8 Å². The second-order valence-electron chi connectivity index (χ2n) is 5.23. The van der Waals surface area contributed by atoms with Crippen LogP contribution in [-0.4, -0.2) is 36.0 Å². The zero-order valence-electron chi connectivity index (χ0n) is 15.8. The van der Waals surface area contributed by atoms with Gasteiger partial charge in [-0.3, -0.25) is 9.59 Å². The summed E-state index contributed by atoms with van der Waals surface area (Å²) in [6.07, 6.45) is 1.84. The van der Waals surface area contributed by atoms with E-state index in [1.54, 1.807) is 0 Å². The van der Waals surface area contributed by atoms with Crippen LogP contribution in [0, 0.1) is 0 Å². The molecule has 29 heavy (non-hydrogen) atoms. The standard InChI is InChI=1S/C10H12ClNO.C8H11N.C2H2Cl2O.I2/c11-8-10(13)12-7-6-9-4-2-1-3-5-9;9-7-6-8-4-2-1-3-5-8;3-1-2(4)5;1-2/h1-5H,6-8H2,(H,12,13);1-5H,6-7,9H2;1H2;. The fourth-order valence-corrected chi connectivity index (χ4v) is 1.94. The fourth-order valence-electron chi connectivity index (χ4n) is 1.85. The van der Waals surface area contributed by atoms with E-state index in [0.717, 1.165) is 19.4 Å². The van der Waals surface area contributed by atoms with Crippen LogP contribution < -0.4 is 11.1 Å². The highest BCUT2D eigenvalue weighted by Crippen LogP contribution is 1.98. The van der Waals surface area contributed by atoms with Crippen molar-refractivity contribution in [1.29, 1.82) is 0 Å². The number of nitrogens with two attached hydrogens (primary N) is 1. The lowest BCUT2D eigenvalue weighted by Crippen LogP contribution is -2.26. The maximum atomic E-state index is 10.8. The average Bonchev–Trinajstić information content (AvgIpc) is 2.77. The monoisotopic (exact) mass is 684 g/mol. The predicted octanol–water partition coefficient (Wildman–Crippen LogP) is 5.53. The maximum absolute atomic E-state index is 10.8. The van der Waals surface area contributed by atoms with Crippen molar-refractivity contribution in [3.63, 3.8) is 0 Å². The molecule has 3 N–H and O–H groups in total. The van der Waals surface area contributed by atoms with Gasteiger partial charge in [-0.1, -0.05) is 60.7 Å². The van der Waals surface area contributed by atoms with E-state index in [1.165, 1.54) is 11.1 Å². The highest BCUT2D eigenvalue weighted by molar-refractivity contribution is 15.0. The van der Waals surface area contributed by atoms with E-state index in [0.29, 0.717) is 6.54 Å². The normalized spacial score (nSPS) is 8.76. The first kappa shape index (κ1) is 31.1. The van der Waals surface area contributed by atoms with E-state index < -0.39 is 5.24 Å². The summed E-state index contributed by atoms with van der Waals surface area (Å²) in [5.74, 6) is -0.173. The molecule has 2 aromatic rings. The number of carbonyl (C=O) groups is 2. The van der Waals surface area contributed by atoms with E-state index in [1.807, 2.05) is 48.5 Å². The van der Waals surface area contributed by atoms with Crippen molar-refractivity contribution in [2.75, 3.05) is 24.8 Å². The van der Waals surface area contributed by atoms with Crippen LogP contribution in [0.1, 0.15) is 11.1 Å². The number of nitrogens with one attached hydrogen (secondary N) is 1. The molecule has 0 aliphatic heterocycles. The van der Waals surface area contributed by atoms with Gasteiger partial charge in [0.2, 0.25) is 11.1 Å². The Balaban J connectivity index is 0. The molecule has 2 rings (SSSR count). The van der Waals surface area contributed by atoms with Crippen LogP contribution in [0.2, 0.25) is 0 Å². The quantitative estimate of drug-likeness (QED) is 0.229. The number of amides is 1. The number of hydrogen-bond donors (Lipinski definition) is 2. The lowest BCUT2D eigenvalue weighted by atomic mass is 10.1. The van der Waals surface area contributed by atoms with Gasteiger partial charge in [-0.05, 0) is 42.1 Å². The molecule has 0 heterocycles. The largest absolute Gasteiger partial charge is 0.355 e. The second kappa shape index (κ2) is 24.1. The van der Waals surface area contributed by atoms with Crippen molar-refractivity contribution >= 4 is 83.2 Å². The molecule has 0 atom stereocenters. The summed E-state index contributed by atoms with van der Waals surface area (Å²) in [5.41, 5.74) is 7.90. The third-order valence-corrected chi connectivity index (χ3v) is 3.84. The first-order valence-corrected chi connectivity index (χ1v) is 16.3. The van der Waals surface area contributed by atoms with Crippen molar-refractivity contribution < 1.29 is 9.59 Å². The number of benzene rings is 2. The molecular formula is C20H25Cl3I2N2O2. The minimum absolute atomic E-state index is 0.0365. The Morgan fingerprint density at radius 2 is 1.24 bits per heavy atom. The maximum Gasteiger partial charge on any atom is 0.236 e. The van der Waals surface area contributed by atoms with Gasteiger partial charge in [0.05, 0.1) is 5.88 Å². The zero-order chi connectivity index (χ0) is 22.3. The summed E-state index contributed by atoms with van der Waals surface area (Å²) in [7, 11) is 0. The van der Waals surface area contributed by atoms with E-state index in [9.17, 15) is 9.59 Å².